The molecule has 1 heterocycles. The van der Waals surface area contributed by atoms with Crippen LogP contribution >= 0.6 is 23.4 Å². The quantitative estimate of drug-likeness (QED) is 0.417. The molecular formula is C23H27ClN4O2S. The first-order valence-electron chi connectivity index (χ1n) is 10.2. The number of anilines is 1. The van der Waals surface area contributed by atoms with Crippen molar-refractivity contribution in [3.8, 4) is 17.1 Å². The van der Waals surface area contributed by atoms with Crippen LogP contribution in [0.1, 0.15) is 26.3 Å². The molecule has 3 rings (SSSR count). The molecule has 3 aromatic rings. The fourth-order valence-corrected chi connectivity index (χ4v) is 3.88. The van der Waals surface area contributed by atoms with Gasteiger partial charge in [0.25, 0.3) is 0 Å². The number of benzene rings is 2. The van der Waals surface area contributed by atoms with E-state index in [9.17, 15) is 4.79 Å². The largest absolute Gasteiger partial charge is 0.493 e. The molecule has 1 aromatic heterocycles. The van der Waals surface area contributed by atoms with Gasteiger partial charge in [-0.3, -0.25) is 4.79 Å². The van der Waals surface area contributed by atoms with Crippen molar-refractivity contribution in [1.82, 2.24) is 14.8 Å². The summed E-state index contributed by atoms with van der Waals surface area (Å²) >= 11 is 7.39. The number of aryl methyl sites for hydroxylation is 1. The van der Waals surface area contributed by atoms with Crippen LogP contribution in [0.2, 0.25) is 5.02 Å². The smallest absolute Gasteiger partial charge is 0.234 e. The molecule has 0 aliphatic heterocycles. The highest BCUT2D eigenvalue weighted by molar-refractivity contribution is 7.99. The molecule has 0 fully saturated rings. The Morgan fingerprint density at radius 2 is 1.94 bits per heavy atom. The van der Waals surface area contributed by atoms with Gasteiger partial charge in [0, 0.05) is 22.8 Å². The van der Waals surface area contributed by atoms with Gasteiger partial charge in [-0.25, -0.2) is 0 Å². The summed E-state index contributed by atoms with van der Waals surface area (Å²) in [4.78, 5) is 12.4. The number of aromatic nitrogens is 3. The minimum atomic E-state index is -0.116. The Labute approximate surface area is 192 Å². The maximum absolute atomic E-state index is 12.4. The zero-order valence-corrected chi connectivity index (χ0v) is 19.8. The van der Waals surface area contributed by atoms with Crippen LogP contribution in [0.15, 0.2) is 47.6 Å². The SMILES string of the molecule is CCn1c(SCC(=O)Nc2cc(Cl)ccc2C)nnc1-c1ccc(OCC(C)C)cc1. The molecule has 8 heteroatoms. The van der Waals surface area contributed by atoms with Crippen molar-refractivity contribution in [2.24, 2.45) is 5.92 Å². The molecule has 0 atom stereocenters. The van der Waals surface area contributed by atoms with Gasteiger partial charge >= 0.3 is 0 Å². The van der Waals surface area contributed by atoms with E-state index in [2.05, 4.69) is 29.4 Å². The van der Waals surface area contributed by atoms with E-state index in [1.807, 2.05) is 48.7 Å². The number of nitrogens with zero attached hydrogens (tertiary/aromatic N) is 3. The number of ether oxygens (including phenoxy) is 1. The lowest BCUT2D eigenvalue weighted by atomic mass is 10.2. The highest BCUT2D eigenvalue weighted by Crippen LogP contribution is 2.26. The summed E-state index contributed by atoms with van der Waals surface area (Å²) in [6.07, 6.45) is 0. The highest BCUT2D eigenvalue weighted by atomic mass is 35.5. The zero-order valence-electron chi connectivity index (χ0n) is 18.2. The number of halogens is 1. The third-order valence-electron chi connectivity index (χ3n) is 4.53. The molecule has 0 bridgehead atoms. The lowest BCUT2D eigenvalue weighted by molar-refractivity contribution is -0.113. The number of nitrogens with one attached hydrogen (secondary N) is 1. The van der Waals surface area contributed by atoms with Gasteiger partial charge in [-0.1, -0.05) is 43.3 Å². The zero-order chi connectivity index (χ0) is 22.4. The van der Waals surface area contributed by atoms with E-state index >= 15 is 0 Å². The van der Waals surface area contributed by atoms with Crippen LogP contribution in [-0.4, -0.2) is 33.0 Å². The Balaban J connectivity index is 1.66. The summed E-state index contributed by atoms with van der Waals surface area (Å²) in [5.74, 6) is 2.19. The second kappa shape index (κ2) is 10.7. The Hall–Kier alpha value is -2.51. The van der Waals surface area contributed by atoms with Crippen molar-refractivity contribution < 1.29 is 9.53 Å². The van der Waals surface area contributed by atoms with Crippen LogP contribution in [0.5, 0.6) is 5.75 Å². The average molecular weight is 459 g/mol. The number of hydrogen-bond donors (Lipinski definition) is 1. The van der Waals surface area contributed by atoms with E-state index in [1.54, 1.807) is 12.1 Å². The van der Waals surface area contributed by atoms with Gasteiger partial charge in [-0.15, -0.1) is 10.2 Å². The second-order valence-corrected chi connectivity index (χ2v) is 8.95. The minimum absolute atomic E-state index is 0.116. The van der Waals surface area contributed by atoms with Gasteiger partial charge in [0.15, 0.2) is 11.0 Å². The summed E-state index contributed by atoms with van der Waals surface area (Å²) in [5.41, 5.74) is 2.63. The third-order valence-corrected chi connectivity index (χ3v) is 5.74. The molecule has 6 nitrogen and oxygen atoms in total. The summed E-state index contributed by atoms with van der Waals surface area (Å²) < 4.78 is 7.76. The maximum Gasteiger partial charge on any atom is 0.234 e. The fraction of sp³-hybridized carbons (Fsp3) is 0.348. The van der Waals surface area contributed by atoms with Gasteiger partial charge in [0.05, 0.1) is 12.4 Å². The summed E-state index contributed by atoms with van der Waals surface area (Å²) in [6, 6.07) is 13.3. The van der Waals surface area contributed by atoms with E-state index < -0.39 is 0 Å². The molecule has 164 valence electrons. The molecular weight excluding hydrogens is 432 g/mol. The van der Waals surface area contributed by atoms with Gasteiger partial charge < -0.3 is 14.6 Å². The maximum atomic E-state index is 12.4. The number of carbonyl (C=O) groups is 1. The van der Waals surface area contributed by atoms with Crippen LogP contribution in [-0.2, 0) is 11.3 Å². The van der Waals surface area contributed by atoms with Crippen molar-refractivity contribution in [2.75, 3.05) is 17.7 Å². The number of rotatable bonds is 9. The predicted octanol–water partition coefficient (Wildman–Crippen LogP) is 5.69. The Bertz CT molecular complexity index is 1030. The minimum Gasteiger partial charge on any atom is -0.493 e. The lowest BCUT2D eigenvalue weighted by Gasteiger charge is -2.11. The monoisotopic (exact) mass is 458 g/mol. The van der Waals surface area contributed by atoms with Crippen LogP contribution < -0.4 is 10.1 Å². The molecule has 1 N–H and O–H groups in total. The van der Waals surface area contributed by atoms with E-state index in [0.29, 0.717) is 29.2 Å². The summed E-state index contributed by atoms with van der Waals surface area (Å²) in [6.45, 7) is 9.58. The topological polar surface area (TPSA) is 69.0 Å². The van der Waals surface area contributed by atoms with Gasteiger partial charge in [-0.05, 0) is 61.7 Å². The molecule has 31 heavy (non-hydrogen) atoms. The average Bonchev–Trinajstić information content (AvgIpc) is 3.16. The van der Waals surface area contributed by atoms with E-state index in [-0.39, 0.29) is 11.7 Å². The Morgan fingerprint density at radius 3 is 2.61 bits per heavy atom. The first-order chi connectivity index (χ1) is 14.9. The van der Waals surface area contributed by atoms with E-state index in [1.165, 1.54) is 11.8 Å². The molecule has 0 spiro atoms. The van der Waals surface area contributed by atoms with E-state index in [0.717, 1.165) is 28.4 Å². The first kappa shape index (κ1) is 23.2. The molecule has 2 aromatic carbocycles. The molecule has 0 aliphatic carbocycles. The van der Waals surface area contributed by atoms with Crippen LogP contribution in [0.4, 0.5) is 5.69 Å². The van der Waals surface area contributed by atoms with Gasteiger partial charge in [0.1, 0.15) is 5.75 Å². The normalized spacial score (nSPS) is 11.0. The number of hydrogen-bond acceptors (Lipinski definition) is 5. The third kappa shape index (κ3) is 6.24. The lowest BCUT2D eigenvalue weighted by Crippen LogP contribution is -2.15. The molecule has 0 radical (unpaired) electrons. The standard InChI is InChI=1S/C23H27ClN4O2S/c1-5-28-22(17-7-10-19(11-8-17)30-13-15(2)3)26-27-23(28)31-14-21(29)25-20-12-18(24)9-6-16(20)4/h6-12,15H,5,13-14H2,1-4H3,(H,25,29). The summed E-state index contributed by atoms with van der Waals surface area (Å²) in [7, 11) is 0. The predicted molar refractivity (Wildman–Crippen MR) is 127 cm³/mol. The Kier molecular flexibility index (Phi) is 7.98. The Morgan fingerprint density at radius 1 is 1.19 bits per heavy atom. The van der Waals surface area contributed by atoms with Gasteiger partial charge in [0.2, 0.25) is 5.91 Å². The summed E-state index contributed by atoms with van der Waals surface area (Å²) in [5, 5.41) is 12.8. The van der Waals surface area contributed by atoms with Crippen molar-refractivity contribution >= 4 is 35.0 Å². The van der Waals surface area contributed by atoms with Crippen LogP contribution in [0.3, 0.4) is 0 Å². The number of amides is 1. The van der Waals surface area contributed by atoms with Crippen molar-refractivity contribution in [3.63, 3.8) is 0 Å². The van der Waals surface area contributed by atoms with E-state index in [4.69, 9.17) is 16.3 Å². The van der Waals surface area contributed by atoms with Crippen molar-refractivity contribution in [2.45, 2.75) is 39.4 Å². The van der Waals surface area contributed by atoms with Crippen molar-refractivity contribution in [1.29, 1.82) is 0 Å². The number of thioether (sulfide) groups is 1. The second-order valence-electron chi connectivity index (χ2n) is 7.58. The van der Waals surface area contributed by atoms with Crippen LogP contribution in [0.25, 0.3) is 11.4 Å². The molecule has 1 amide bonds. The molecule has 0 saturated carbocycles. The van der Waals surface area contributed by atoms with Crippen LogP contribution in [0, 0.1) is 12.8 Å². The first-order valence-corrected chi connectivity index (χ1v) is 11.6. The molecule has 0 saturated heterocycles. The fourth-order valence-electron chi connectivity index (χ4n) is 2.90. The molecule has 0 unspecified atom stereocenters. The number of carbonyl (C=O) groups excluding carboxylic acids is 1. The highest BCUT2D eigenvalue weighted by Gasteiger charge is 2.15. The molecule has 0 aliphatic rings. The van der Waals surface area contributed by atoms with Gasteiger partial charge in [-0.2, -0.15) is 0 Å². The van der Waals surface area contributed by atoms with Crippen molar-refractivity contribution in [3.05, 3.63) is 53.1 Å².